The van der Waals surface area contributed by atoms with E-state index in [1.54, 1.807) is 18.5 Å². The van der Waals surface area contributed by atoms with Crippen LogP contribution in [0.5, 0.6) is 0 Å². The quantitative estimate of drug-likeness (QED) is 0.512. The number of pyridine rings is 1. The number of halogens is 1. The zero-order valence-corrected chi connectivity index (χ0v) is 14.0. The molecule has 2 aromatic heterocycles. The van der Waals surface area contributed by atoms with E-state index >= 15 is 0 Å². The van der Waals surface area contributed by atoms with Crippen molar-refractivity contribution in [1.29, 1.82) is 0 Å². The molecule has 0 spiro atoms. The average Bonchev–Trinajstić information content (AvgIpc) is 2.62. The fourth-order valence-electron chi connectivity index (χ4n) is 3.09. The molecule has 2 aromatic carbocycles. The van der Waals surface area contributed by atoms with E-state index in [1.807, 2.05) is 18.2 Å². The van der Waals surface area contributed by atoms with E-state index in [9.17, 15) is 4.39 Å². The van der Waals surface area contributed by atoms with Gasteiger partial charge >= 0.3 is 0 Å². The van der Waals surface area contributed by atoms with Crippen LogP contribution < -0.4 is 0 Å². The van der Waals surface area contributed by atoms with Crippen LogP contribution in [0.3, 0.4) is 0 Å². The number of hydrogen-bond acceptors (Lipinski definition) is 3. The molecule has 4 rings (SSSR count). The number of benzene rings is 2. The first kappa shape index (κ1) is 15.4. The van der Waals surface area contributed by atoms with Crippen LogP contribution in [-0.2, 0) is 0 Å². The molecule has 0 saturated carbocycles. The molecule has 0 radical (unpaired) electrons. The van der Waals surface area contributed by atoms with Crippen LogP contribution in [0.15, 0.2) is 60.9 Å². The van der Waals surface area contributed by atoms with Crippen molar-refractivity contribution in [3.63, 3.8) is 0 Å². The van der Waals surface area contributed by atoms with Crippen LogP contribution in [0, 0.1) is 19.7 Å². The minimum absolute atomic E-state index is 0.260. The lowest BCUT2D eigenvalue weighted by Crippen LogP contribution is -1.96. The van der Waals surface area contributed by atoms with Crippen molar-refractivity contribution in [3.05, 3.63) is 77.9 Å². The summed E-state index contributed by atoms with van der Waals surface area (Å²) < 4.78 is 13.2. The van der Waals surface area contributed by atoms with Gasteiger partial charge in [-0.2, -0.15) is 0 Å². The molecule has 0 aliphatic heterocycles. The molecule has 0 amide bonds. The molecule has 0 N–H and O–H groups in total. The normalized spacial score (nSPS) is 11.0. The van der Waals surface area contributed by atoms with Gasteiger partial charge < -0.3 is 0 Å². The van der Waals surface area contributed by atoms with Crippen molar-refractivity contribution >= 4 is 11.0 Å². The summed E-state index contributed by atoms with van der Waals surface area (Å²) in [5.74, 6) is -0.260. The zero-order chi connectivity index (χ0) is 17.4. The SMILES string of the molecule is Cc1cccc(C)c1-c1ncnc2ccc(-c3ccc(F)cc3)nc12. The van der Waals surface area contributed by atoms with Gasteiger partial charge in [0.15, 0.2) is 0 Å². The van der Waals surface area contributed by atoms with Crippen LogP contribution in [-0.4, -0.2) is 15.0 Å². The van der Waals surface area contributed by atoms with Crippen molar-refractivity contribution in [3.8, 4) is 22.5 Å². The summed E-state index contributed by atoms with van der Waals surface area (Å²) in [7, 11) is 0. The third kappa shape index (κ3) is 2.76. The molecular weight excluding hydrogens is 313 g/mol. The molecule has 0 unspecified atom stereocenters. The monoisotopic (exact) mass is 329 g/mol. The van der Waals surface area contributed by atoms with Crippen molar-refractivity contribution in [2.75, 3.05) is 0 Å². The van der Waals surface area contributed by atoms with Gasteiger partial charge in [-0.15, -0.1) is 0 Å². The topological polar surface area (TPSA) is 38.7 Å². The first-order valence-corrected chi connectivity index (χ1v) is 8.08. The van der Waals surface area contributed by atoms with Gasteiger partial charge in [0.2, 0.25) is 0 Å². The molecule has 3 nitrogen and oxygen atoms in total. The predicted octanol–water partition coefficient (Wildman–Crippen LogP) is 5.11. The second-order valence-corrected chi connectivity index (χ2v) is 6.06. The fourth-order valence-corrected chi connectivity index (χ4v) is 3.09. The highest BCUT2D eigenvalue weighted by atomic mass is 19.1. The molecule has 4 aromatic rings. The lowest BCUT2D eigenvalue weighted by atomic mass is 9.98. The lowest BCUT2D eigenvalue weighted by Gasteiger charge is -2.11. The number of rotatable bonds is 2. The van der Waals surface area contributed by atoms with E-state index in [1.165, 1.54) is 12.1 Å². The molecule has 2 heterocycles. The van der Waals surface area contributed by atoms with Gasteiger partial charge in [-0.05, 0) is 61.4 Å². The summed E-state index contributed by atoms with van der Waals surface area (Å²) >= 11 is 0. The van der Waals surface area contributed by atoms with Gasteiger partial charge in [0, 0.05) is 11.1 Å². The molecule has 0 fully saturated rings. The van der Waals surface area contributed by atoms with E-state index in [4.69, 9.17) is 4.98 Å². The molecule has 0 aliphatic carbocycles. The Morgan fingerprint density at radius 2 is 1.52 bits per heavy atom. The summed E-state index contributed by atoms with van der Waals surface area (Å²) in [6.07, 6.45) is 1.57. The molecule has 0 bridgehead atoms. The molecular formula is C21H16FN3. The Morgan fingerprint density at radius 3 is 2.24 bits per heavy atom. The summed E-state index contributed by atoms with van der Waals surface area (Å²) in [6.45, 7) is 4.14. The zero-order valence-electron chi connectivity index (χ0n) is 14.0. The summed E-state index contributed by atoms with van der Waals surface area (Å²) in [5.41, 5.74) is 7.38. The number of nitrogens with zero attached hydrogens (tertiary/aromatic N) is 3. The van der Waals surface area contributed by atoms with Gasteiger partial charge in [0.1, 0.15) is 23.4 Å². The fraction of sp³-hybridized carbons (Fsp3) is 0.0952. The van der Waals surface area contributed by atoms with Crippen molar-refractivity contribution < 1.29 is 4.39 Å². The maximum atomic E-state index is 13.2. The van der Waals surface area contributed by atoms with E-state index in [-0.39, 0.29) is 5.82 Å². The Kier molecular flexibility index (Phi) is 3.73. The second-order valence-electron chi connectivity index (χ2n) is 6.06. The highest BCUT2D eigenvalue weighted by molar-refractivity contribution is 5.91. The Hall–Kier alpha value is -3.14. The number of aromatic nitrogens is 3. The number of aryl methyl sites for hydroxylation is 2. The van der Waals surface area contributed by atoms with Crippen molar-refractivity contribution in [2.24, 2.45) is 0 Å². The maximum Gasteiger partial charge on any atom is 0.123 e. The van der Waals surface area contributed by atoms with Crippen LogP contribution in [0.4, 0.5) is 4.39 Å². The van der Waals surface area contributed by atoms with Crippen LogP contribution in [0.1, 0.15) is 11.1 Å². The van der Waals surface area contributed by atoms with Crippen LogP contribution in [0.25, 0.3) is 33.5 Å². The first-order chi connectivity index (χ1) is 12.1. The average molecular weight is 329 g/mol. The molecule has 0 atom stereocenters. The largest absolute Gasteiger partial charge is 0.244 e. The predicted molar refractivity (Wildman–Crippen MR) is 97.6 cm³/mol. The van der Waals surface area contributed by atoms with E-state index in [0.717, 1.165) is 44.7 Å². The molecule has 25 heavy (non-hydrogen) atoms. The van der Waals surface area contributed by atoms with Gasteiger partial charge in [-0.25, -0.2) is 19.3 Å². The molecule has 0 saturated heterocycles. The van der Waals surface area contributed by atoms with Gasteiger partial charge in [-0.3, -0.25) is 0 Å². The summed E-state index contributed by atoms with van der Waals surface area (Å²) in [4.78, 5) is 13.6. The Bertz CT molecular complexity index is 1050. The molecule has 4 heteroatoms. The molecule has 0 aliphatic rings. The highest BCUT2D eigenvalue weighted by Gasteiger charge is 2.13. The Labute approximate surface area is 145 Å². The molecule has 122 valence electrons. The minimum atomic E-state index is -0.260. The van der Waals surface area contributed by atoms with Gasteiger partial charge in [-0.1, -0.05) is 18.2 Å². The first-order valence-electron chi connectivity index (χ1n) is 8.08. The summed E-state index contributed by atoms with van der Waals surface area (Å²) in [5, 5.41) is 0. The highest BCUT2D eigenvalue weighted by Crippen LogP contribution is 2.31. The summed E-state index contributed by atoms with van der Waals surface area (Å²) in [6, 6.07) is 16.3. The van der Waals surface area contributed by atoms with Crippen LogP contribution in [0.2, 0.25) is 0 Å². The second kappa shape index (κ2) is 6.06. The standard InChI is InChI=1S/C21H16FN3/c1-13-4-3-5-14(2)19(13)21-20-18(23-12-24-21)11-10-17(25-20)15-6-8-16(22)9-7-15/h3-12H,1-2H3. The number of fused-ring (bicyclic) bond motifs is 1. The van der Waals surface area contributed by atoms with Crippen molar-refractivity contribution in [2.45, 2.75) is 13.8 Å². The third-order valence-corrected chi connectivity index (χ3v) is 4.34. The van der Waals surface area contributed by atoms with Crippen LogP contribution >= 0.6 is 0 Å². The van der Waals surface area contributed by atoms with E-state index in [2.05, 4.69) is 35.9 Å². The Morgan fingerprint density at radius 1 is 0.800 bits per heavy atom. The Balaban J connectivity index is 1.97. The van der Waals surface area contributed by atoms with Crippen molar-refractivity contribution in [1.82, 2.24) is 15.0 Å². The third-order valence-electron chi connectivity index (χ3n) is 4.34. The maximum absolute atomic E-state index is 13.2. The van der Waals surface area contributed by atoms with Gasteiger partial charge in [0.25, 0.3) is 0 Å². The van der Waals surface area contributed by atoms with E-state index in [0.29, 0.717) is 0 Å². The minimum Gasteiger partial charge on any atom is -0.244 e. The number of hydrogen-bond donors (Lipinski definition) is 0. The lowest BCUT2D eigenvalue weighted by molar-refractivity contribution is 0.628. The smallest absolute Gasteiger partial charge is 0.123 e. The van der Waals surface area contributed by atoms with E-state index < -0.39 is 0 Å². The van der Waals surface area contributed by atoms with Gasteiger partial charge in [0.05, 0.1) is 11.2 Å².